The van der Waals surface area contributed by atoms with Gasteiger partial charge in [0.2, 0.25) is 0 Å². The van der Waals surface area contributed by atoms with Crippen LogP contribution in [0.1, 0.15) is 17.2 Å². The maximum absolute atomic E-state index is 4.60. The fourth-order valence-corrected chi connectivity index (χ4v) is 0.874. The summed E-state index contributed by atoms with van der Waals surface area (Å²) in [6, 6.07) is 1.81. The lowest BCUT2D eigenvalue weighted by atomic mass is 10.3. The van der Waals surface area contributed by atoms with Crippen LogP contribution in [0, 0.1) is 13.8 Å². The van der Waals surface area contributed by atoms with Crippen LogP contribution in [0.25, 0.3) is 0 Å². The van der Waals surface area contributed by atoms with Crippen molar-refractivity contribution < 1.29 is 0 Å². The maximum atomic E-state index is 4.60. The third kappa shape index (κ3) is 1.57. The van der Waals surface area contributed by atoms with Gasteiger partial charge in [-0.25, -0.2) is 9.97 Å². The Hall–Kier alpha value is -0.830. The first kappa shape index (κ1) is 7.28. The van der Waals surface area contributed by atoms with Crippen molar-refractivity contribution in [1.29, 1.82) is 0 Å². The van der Waals surface area contributed by atoms with Gasteiger partial charge in [0.1, 0.15) is 5.82 Å². The largest absolute Gasteiger partial charge is 0.239 e. The Kier molecular flexibility index (Phi) is 2.06. The Balaban J connectivity index is 3.18. The monoisotopic (exact) mass is 151 g/mol. The van der Waals surface area contributed by atoms with Crippen molar-refractivity contribution in [3.05, 3.63) is 23.3 Å². The predicted octanol–water partition coefficient (Wildman–Crippen LogP) is 1.32. The van der Waals surface area contributed by atoms with Crippen LogP contribution in [0.4, 0.5) is 0 Å². The normalized spacial score (nSPS) is 9.40. The zero-order valence-electron chi connectivity index (χ0n) is 5.88. The molecule has 0 aromatic carbocycles. The highest BCUT2D eigenvalue weighted by molar-refractivity contribution is 7.79. The zero-order chi connectivity index (χ0) is 7.56. The first-order valence-corrected chi connectivity index (χ1v) is 3.33. The van der Waals surface area contributed by atoms with Gasteiger partial charge in [0, 0.05) is 5.69 Å². The zero-order valence-corrected chi connectivity index (χ0v) is 6.70. The summed E-state index contributed by atoms with van der Waals surface area (Å²) in [6.45, 7) is 3.74. The van der Waals surface area contributed by atoms with E-state index in [2.05, 4.69) is 27.6 Å². The smallest absolute Gasteiger partial charge is 0.126 e. The van der Waals surface area contributed by atoms with Crippen molar-refractivity contribution in [2.75, 3.05) is 0 Å². The number of thiocarbonyl (C=S) groups is 1. The summed E-state index contributed by atoms with van der Waals surface area (Å²) < 4.78 is 0. The summed E-state index contributed by atoms with van der Waals surface area (Å²) in [5.41, 5.74) is 1.62. The lowest BCUT2D eigenvalue weighted by Crippen LogP contribution is -1.94. The van der Waals surface area contributed by atoms with E-state index in [4.69, 9.17) is 0 Å². The van der Waals surface area contributed by atoms with Crippen molar-refractivity contribution in [3.63, 3.8) is 0 Å². The van der Waals surface area contributed by atoms with Gasteiger partial charge in [-0.2, -0.15) is 0 Å². The Morgan fingerprint density at radius 1 is 1.40 bits per heavy atom. The van der Waals surface area contributed by atoms with Crippen LogP contribution >= 0.6 is 12.2 Å². The molecule has 0 atom stereocenters. The molecule has 1 aromatic heterocycles. The molecule has 0 spiro atoms. The van der Waals surface area contributed by atoms with E-state index in [0.29, 0.717) is 5.69 Å². The summed E-state index contributed by atoms with van der Waals surface area (Å²) in [6.07, 6.45) is 0. The van der Waals surface area contributed by atoms with Crippen molar-refractivity contribution in [3.8, 4) is 0 Å². The molecule has 1 heterocycles. The fourth-order valence-electron chi connectivity index (χ4n) is 0.769. The molecular weight excluding hydrogens is 144 g/mol. The molecular formula is C7H7N2S. The van der Waals surface area contributed by atoms with Crippen LogP contribution in [-0.2, 0) is 0 Å². The highest BCUT2D eigenvalue weighted by Gasteiger charge is 1.93. The van der Waals surface area contributed by atoms with Gasteiger partial charge in [-0.05, 0) is 19.9 Å². The predicted molar refractivity (Wildman–Crippen MR) is 43.2 cm³/mol. The van der Waals surface area contributed by atoms with Gasteiger partial charge in [0.15, 0.2) is 0 Å². The number of nitrogens with zero attached hydrogens (tertiary/aromatic N) is 2. The van der Waals surface area contributed by atoms with E-state index in [-0.39, 0.29) is 0 Å². The second-order valence-electron chi connectivity index (χ2n) is 2.04. The first-order chi connectivity index (χ1) is 4.72. The van der Waals surface area contributed by atoms with E-state index in [1.165, 1.54) is 0 Å². The molecule has 1 rings (SSSR count). The van der Waals surface area contributed by atoms with Gasteiger partial charge >= 0.3 is 0 Å². The van der Waals surface area contributed by atoms with E-state index < -0.39 is 0 Å². The number of rotatable bonds is 1. The lowest BCUT2D eigenvalue weighted by molar-refractivity contribution is 1.01. The van der Waals surface area contributed by atoms with Gasteiger partial charge in [-0.15, -0.1) is 0 Å². The molecule has 10 heavy (non-hydrogen) atoms. The molecule has 2 nitrogen and oxygen atoms in total. The number of hydrogen-bond acceptors (Lipinski definition) is 3. The molecule has 51 valence electrons. The maximum Gasteiger partial charge on any atom is 0.126 e. The van der Waals surface area contributed by atoms with Gasteiger partial charge in [-0.1, -0.05) is 12.2 Å². The quantitative estimate of drug-likeness (QED) is 0.566. The van der Waals surface area contributed by atoms with E-state index in [0.717, 1.165) is 11.5 Å². The van der Waals surface area contributed by atoms with Crippen molar-refractivity contribution in [1.82, 2.24) is 9.97 Å². The minimum absolute atomic E-state index is 0.694. The molecule has 0 amide bonds. The van der Waals surface area contributed by atoms with Crippen LogP contribution < -0.4 is 0 Å². The minimum Gasteiger partial charge on any atom is -0.239 e. The summed E-state index contributed by atoms with van der Waals surface area (Å²) in [5, 5.41) is 2.54. The second kappa shape index (κ2) is 2.84. The van der Waals surface area contributed by atoms with Gasteiger partial charge in [-0.3, -0.25) is 0 Å². The van der Waals surface area contributed by atoms with E-state index in [9.17, 15) is 0 Å². The molecule has 0 aliphatic carbocycles. The SMILES string of the molecule is Cc1cc([C]=S)nc(C)n1. The summed E-state index contributed by atoms with van der Waals surface area (Å²) in [5.74, 6) is 0.743. The topological polar surface area (TPSA) is 25.8 Å². The Labute approximate surface area is 65.3 Å². The molecule has 0 unspecified atom stereocenters. The average Bonchev–Trinajstić information content (AvgIpc) is 1.85. The Bertz CT molecular complexity index is 238. The van der Waals surface area contributed by atoms with Gasteiger partial charge < -0.3 is 0 Å². The van der Waals surface area contributed by atoms with Gasteiger partial charge in [0.05, 0.1) is 11.1 Å². The molecule has 0 N–H and O–H groups in total. The van der Waals surface area contributed by atoms with E-state index >= 15 is 0 Å². The van der Waals surface area contributed by atoms with E-state index in [1.807, 2.05) is 13.8 Å². The molecule has 0 saturated heterocycles. The summed E-state index contributed by atoms with van der Waals surface area (Å²) in [4.78, 5) is 8.11. The van der Waals surface area contributed by atoms with Crippen molar-refractivity contribution in [2.45, 2.75) is 13.8 Å². The highest BCUT2D eigenvalue weighted by Crippen LogP contribution is 1.96. The fraction of sp³-hybridized carbons (Fsp3) is 0.286. The van der Waals surface area contributed by atoms with Crippen molar-refractivity contribution in [2.24, 2.45) is 0 Å². The summed E-state index contributed by atoms with van der Waals surface area (Å²) >= 11 is 4.60. The summed E-state index contributed by atoms with van der Waals surface area (Å²) in [7, 11) is 0. The number of hydrogen-bond donors (Lipinski definition) is 0. The van der Waals surface area contributed by atoms with E-state index in [1.54, 1.807) is 6.07 Å². The lowest BCUT2D eigenvalue weighted by Gasteiger charge is -1.95. The third-order valence-corrected chi connectivity index (χ3v) is 1.28. The average molecular weight is 151 g/mol. The van der Waals surface area contributed by atoms with Crippen LogP contribution in [0.2, 0.25) is 0 Å². The molecule has 0 bridgehead atoms. The number of aromatic nitrogens is 2. The Morgan fingerprint density at radius 3 is 2.60 bits per heavy atom. The van der Waals surface area contributed by atoms with Crippen LogP contribution in [0.5, 0.6) is 0 Å². The molecule has 1 radical (unpaired) electrons. The number of aryl methyl sites for hydroxylation is 2. The van der Waals surface area contributed by atoms with Crippen molar-refractivity contribution >= 4 is 17.6 Å². The minimum atomic E-state index is 0.694. The third-order valence-electron chi connectivity index (χ3n) is 1.07. The Morgan fingerprint density at radius 2 is 2.10 bits per heavy atom. The van der Waals surface area contributed by atoms with Crippen LogP contribution in [0.3, 0.4) is 0 Å². The standard InChI is InChI=1S/C7H7N2S/c1-5-3-7(4-10)9-6(2)8-5/h3H,1-2H3. The molecule has 0 aliphatic rings. The van der Waals surface area contributed by atoms with Gasteiger partial charge in [0.25, 0.3) is 0 Å². The second-order valence-corrected chi connectivity index (χ2v) is 2.25. The molecule has 0 fully saturated rings. The molecule has 0 saturated carbocycles. The highest BCUT2D eigenvalue weighted by atomic mass is 32.1. The molecule has 0 aliphatic heterocycles. The van der Waals surface area contributed by atoms with Crippen LogP contribution in [-0.4, -0.2) is 15.3 Å². The molecule has 1 aromatic rings. The molecule has 3 heteroatoms. The van der Waals surface area contributed by atoms with Crippen LogP contribution in [0.15, 0.2) is 6.07 Å². The first-order valence-electron chi connectivity index (χ1n) is 2.93.